The summed E-state index contributed by atoms with van der Waals surface area (Å²) < 4.78 is 23.3. The zero-order valence-electron chi connectivity index (χ0n) is 25.8. The van der Waals surface area contributed by atoms with Crippen LogP contribution in [-0.2, 0) is 0 Å². The molecular formula is C38H32N2O6. The Bertz CT molecular complexity index is 1930. The van der Waals surface area contributed by atoms with Crippen LogP contribution in [0.25, 0.3) is 32.7 Å². The van der Waals surface area contributed by atoms with E-state index in [9.17, 15) is 9.59 Å². The number of rotatable bonds is 9. The van der Waals surface area contributed by atoms with Gasteiger partial charge in [-0.15, -0.1) is 0 Å². The van der Waals surface area contributed by atoms with E-state index >= 15 is 0 Å². The molecule has 0 heterocycles. The molecule has 6 aromatic carbocycles. The SMILES string of the molecule is COc1cccc2c(-c3c(NC(=O)c4ccccc4)cc(OC)c4c(OC)cccc34)c(NC(=O)c3ccccc3)cc(OC)c12. The number of ether oxygens (including phenoxy) is 4. The Morgan fingerprint density at radius 3 is 1.17 bits per heavy atom. The highest BCUT2D eigenvalue weighted by Crippen LogP contribution is 2.51. The van der Waals surface area contributed by atoms with Gasteiger partial charge in [0, 0.05) is 34.4 Å². The van der Waals surface area contributed by atoms with Crippen LogP contribution in [0.4, 0.5) is 11.4 Å². The molecule has 230 valence electrons. The van der Waals surface area contributed by atoms with Crippen LogP contribution in [0, 0.1) is 0 Å². The average Bonchev–Trinajstić information content (AvgIpc) is 3.11. The van der Waals surface area contributed by atoms with E-state index in [4.69, 9.17) is 18.9 Å². The summed E-state index contributed by atoms with van der Waals surface area (Å²) in [5.74, 6) is 1.56. The van der Waals surface area contributed by atoms with Crippen LogP contribution in [0.5, 0.6) is 23.0 Å². The third-order valence-corrected chi connectivity index (χ3v) is 7.87. The van der Waals surface area contributed by atoms with Crippen LogP contribution >= 0.6 is 0 Å². The summed E-state index contributed by atoms with van der Waals surface area (Å²) in [6.45, 7) is 0. The van der Waals surface area contributed by atoms with Crippen LogP contribution in [0.2, 0.25) is 0 Å². The van der Waals surface area contributed by atoms with Crippen LogP contribution in [0.1, 0.15) is 20.7 Å². The van der Waals surface area contributed by atoms with Gasteiger partial charge in [-0.25, -0.2) is 0 Å². The van der Waals surface area contributed by atoms with Crippen molar-refractivity contribution in [1.82, 2.24) is 0 Å². The van der Waals surface area contributed by atoms with Gasteiger partial charge < -0.3 is 29.6 Å². The minimum absolute atomic E-state index is 0.309. The normalized spacial score (nSPS) is 10.8. The van der Waals surface area contributed by atoms with E-state index in [-0.39, 0.29) is 11.8 Å². The van der Waals surface area contributed by atoms with Crippen molar-refractivity contribution >= 4 is 44.7 Å². The van der Waals surface area contributed by atoms with E-state index in [1.807, 2.05) is 72.8 Å². The molecule has 6 aromatic rings. The fraction of sp³-hybridized carbons (Fsp3) is 0.105. The molecule has 0 radical (unpaired) electrons. The Hall–Kier alpha value is -6.02. The number of methoxy groups -OCH3 is 4. The fourth-order valence-electron chi connectivity index (χ4n) is 5.79. The second-order valence-corrected chi connectivity index (χ2v) is 10.4. The van der Waals surface area contributed by atoms with Gasteiger partial charge in [0.1, 0.15) is 23.0 Å². The van der Waals surface area contributed by atoms with Gasteiger partial charge >= 0.3 is 0 Å². The van der Waals surface area contributed by atoms with Gasteiger partial charge in [-0.2, -0.15) is 0 Å². The third-order valence-electron chi connectivity index (χ3n) is 7.87. The van der Waals surface area contributed by atoms with Gasteiger partial charge in [-0.05, 0) is 47.2 Å². The number of fused-ring (bicyclic) bond motifs is 2. The van der Waals surface area contributed by atoms with Gasteiger partial charge in [0.25, 0.3) is 11.8 Å². The molecule has 8 heteroatoms. The highest BCUT2D eigenvalue weighted by molar-refractivity contribution is 6.22. The number of hydrogen-bond acceptors (Lipinski definition) is 6. The van der Waals surface area contributed by atoms with Crippen molar-refractivity contribution in [2.24, 2.45) is 0 Å². The lowest BCUT2D eigenvalue weighted by atomic mass is 9.89. The monoisotopic (exact) mass is 612 g/mol. The van der Waals surface area contributed by atoms with Crippen LogP contribution in [0.15, 0.2) is 109 Å². The minimum Gasteiger partial charge on any atom is -0.496 e. The van der Waals surface area contributed by atoms with Gasteiger partial charge in [0.15, 0.2) is 0 Å². The molecule has 0 atom stereocenters. The van der Waals surface area contributed by atoms with Gasteiger partial charge in [0.05, 0.1) is 50.6 Å². The van der Waals surface area contributed by atoms with Crippen molar-refractivity contribution in [1.29, 1.82) is 0 Å². The molecule has 0 fully saturated rings. The number of nitrogens with one attached hydrogen (secondary N) is 2. The topological polar surface area (TPSA) is 95.1 Å². The van der Waals surface area contributed by atoms with E-state index in [0.717, 1.165) is 10.8 Å². The van der Waals surface area contributed by atoms with E-state index in [0.29, 0.717) is 67.4 Å². The maximum Gasteiger partial charge on any atom is 0.255 e. The molecule has 2 N–H and O–H groups in total. The highest BCUT2D eigenvalue weighted by Gasteiger charge is 2.26. The Morgan fingerprint density at radius 1 is 0.457 bits per heavy atom. The summed E-state index contributed by atoms with van der Waals surface area (Å²) in [6, 6.07) is 32.8. The first-order chi connectivity index (χ1) is 22.5. The second kappa shape index (κ2) is 12.9. The zero-order chi connectivity index (χ0) is 32.2. The molecule has 0 unspecified atom stereocenters. The molecule has 0 aliphatic heterocycles. The quantitative estimate of drug-likeness (QED) is 0.171. The van der Waals surface area contributed by atoms with Crippen LogP contribution < -0.4 is 29.6 Å². The van der Waals surface area contributed by atoms with Crippen molar-refractivity contribution in [3.63, 3.8) is 0 Å². The van der Waals surface area contributed by atoms with Gasteiger partial charge in [-0.1, -0.05) is 60.7 Å². The molecule has 0 saturated carbocycles. The lowest BCUT2D eigenvalue weighted by molar-refractivity contribution is 0.101. The number of carbonyl (C=O) groups is 2. The first kappa shape index (κ1) is 30.0. The summed E-state index contributed by atoms with van der Waals surface area (Å²) in [7, 11) is 6.34. The Balaban J connectivity index is 1.73. The molecule has 0 spiro atoms. The van der Waals surface area contributed by atoms with Crippen LogP contribution in [-0.4, -0.2) is 40.3 Å². The molecule has 8 nitrogen and oxygen atoms in total. The lowest BCUT2D eigenvalue weighted by Crippen LogP contribution is -2.15. The first-order valence-corrected chi connectivity index (χ1v) is 14.6. The number of hydrogen-bond donors (Lipinski definition) is 2. The van der Waals surface area contributed by atoms with Crippen molar-refractivity contribution < 1.29 is 28.5 Å². The molecule has 0 saturated heterocycles. The van der Waals surface area contributed by atoms with Gasteiger partial charge in [-0.3, -0.25) is 9.59 Å². The molecular weight excluding hydrogens is 580 g/mol. The number of amides is 2. The molecule has 46 heavy (non-hydrogen) atoms. The van der Waals surface area contributed by atoms with E-state index < -0.39 is 0 Å². The Morgan fingerprint density at radius 2 is 0.826 bits per heavy atom. The molecule has 6 rings (SSSR count). The lowest BCUT2D eigenvalue weighted by Gasteiger charge is -2.23. The summed E-state index contributed by atoms with van der Waals surface area (Å²) in [4.78, 5) is 27.4. The number of carbonyl (C=O) groups excluding carboxylic acids is 2. The Labute approximate surface area is 266 Å². The average molecular weight is 613 g/mol. The third kappa shape index (κ3) is 5.41. The predicted molar refractivity (Wildman–Crippen MR) is 182 cm³/mol. The predicted octanol–water partition coefficient (Wildman–Crippen LogP) is 8.20. The second-order valence-electron chi connectivity index (χ2n) is 10.4. The largest absolute Gasteiger partial charge is 0.496 e. The molecule has 0 aliphatic rings. The van der Waals surface area contributed by atoms with E-state index in [1.165, 1.54) is 0 Å². The number of anilines is 2. The van der Waals surface area contributed by atoms with E-state index in [1.54, 1.807) is 64.8 Å². The smallest absolute Gasteiger partial charge is 0.255 e. The Kier molecular flexibility index (Phi) is 8.43. The van der Waals surface area contributed by atoms with Crippen molar-refractivity contribution in [3.05, 3.63) is 120 Å². The molecule has 2 amide bonds. The molecule has 0 bridgehead atoms. The maximum atomic E-state index is 13.7. The zero-order valence-corrected chi connectivity index (χ0v) is 25.8. The summed E-state index contributed by atoms with van der Waals surface area (Å²) in [5.41, 5.74) is 3.19. The number of benzene rings is 6. The molecule has 0 aromatic heterocycles. The standard InChI is InChI=1S/C38H32N2O6/c1-43-29-19-11-17-25-33(27(21-31(45-3)35(25)29)39-37(41)23-13-7-5-8-14-23)34-26-18-12-20-30(44-2)36(26)32(46-4)22-28(34)40-38(42)24-15-9-6-10-16-24/h5-22H,1-4H3,(H,39,41)(H,40,42). The molecule has 0 aliphatic carbocycles. The van der Waals surface area contributed by atoms with E-state index in [2.05, 4.69) is 10.6 Å². The van der Waals surface area contributed by atoms with Crippen molar-refractivity contribution in [2.45, 2.75) is 0 Å². The van der Waals surface area contributed by atoms with Crippen molar-refractivity contribution in [3.8, 4) is 34.1 Å². The summed E-state index contributed by atoms with van der Waals surface area (Å²) in [5, 5.41) is 9.12. The van der Waals surface area contributed by atoms with Crippen LogP contribution in [0.3, 0.4) is 0 Å². The minimum atomic E-state index is -0.309. The summed E-state index contributed by atoms with van der Waals surface area (Å²) in [6.07, 6.45) is 0. The first-order valence-electron chi connectivity index (χ1n) is 14.6. The van der Waals surface area contributed by atoms with Gasteiger partial charge in [0.2, 0.25) is 0 Å². The maximum absolute atomic E-state index is 13.7. The fourth-order valence-corrected chi connectivity index (χ4v) is 5.79. The highest BCUT2D eigenvalue weighted by atomic mass is 16.5. The summed E-state index contributed by atoms with van der Waals surface area (Å²) >= 11 is 0. The van der Waals surface area contributed by atoms with Crippen molar-refractivity contribution in [2.75, 3.05) is 39.1 Å².